The Labute approximate surface area is 151 Å². The van der Waals surface area contributed by atoms with Crippen molar-refractivity contribution in [2.75, 3.05) is 5.32 Å². The van der Waals surface area contributed by atoms with Gasteiger partial charge in [0.2, 0.25) is 0 Å². The van der Waals surface area contributed by atoms with Gasteiger partial charge in [0.05, 0.1) is 0 Å². The Morgan fingerprint density at radius 3 is 2.31 bits per heavy atom. The van der Waals surface area contributed by atoms with Crippen molar-refractivity contribution in [3.8, 4) is 5.75 Å². The Morgan fingerprint density at radius 2 is 1.54 bits per heavy atom. The van der Waals surface area contributed by atoms with Gasteiger partial charge in [0.15, 0.2) is 6.10 Å². The summed E-state index contributed by atoms with van der Waals surface area (Å²) in [5.74, 6) is 0.126. The number of hydrogen-bond donors (Lipinski definition) is 3. The van der Waals surface area contributed by atoms with Gasteiger partial charge < -0.3 is 10.1 Å². The van der Waals surface area contributed by atoms with E-state index in [1.54, 1.807) is 31.2 Å². The molecular formula is C20H19N3O3. The molecule has 3 aromatic carbocycles. The summed E-state index contributed by atoms with van der Waals surface area (Å²) >= 11 is 0. The molecule has 3 N–H and O–H groups in total. The number of para-hydroxylation sites is 1. The van der Waals surface area contributed by atoms with Crippen molar-refractivity contribution >= 4 is 28.4 Å². The topological polar surface area (TPSA) is 79.5 Å². The van der Waals surface area contributed by atoms with Crippen LogP contribution in [0.4, 0.5) is 10.5 Å². The lowest BCUT2D eigenvalue weighted by Gasteiger charge is -2.15. The first-order valence-electron chi connectivity index (χ1n) is 8.19. The number of fused-ring (bicyclic) bond motifs is 1. The van der Waals surface area contributed by atoms with Crippen LogP contribution in [0.25, 0.3) is 10.8 Å². The van der Waals surface area contributed by atoms with Crippen LogP contribution < -0.4 is 20.9 Å². The molecule has 0 aliphatic carbocycles. The molecule has 0 bridgehead atoms. The number of rotatable bonds is 4. The van der Waals surface area contributed by atoms with Gasteiger partial charge in [-0.25, -0.2) is 10.2 Å². The third-order valence-electron chi connectivity index (χ3n) is 3.73. The molecule has 0 aromatic heterocycles. The van der Waals surface area contributed by atoms with E-state index < -0.39 is 18.0 Å². The van der Waals surface area contributed by atoms with Crippen molar-refractivity contribution in [1.82, 2.24) is 10.9 Å². The molecule has 0 saturated heterocycles. The van der Waals surface area contributed by atoms with Crippen molar-refractivity contribution in [2.24, 2.45) is 0 Å². The lowest BCUT2D eigenvalue weighted by atomic mass is 10.1. The van der Waals surface area contributed by atoms with E-state index in [1.807, 2.05) is 48.5 Å². The van der Waals surface area contributed by atoms with E-state index in [-0.39, 0.29) is 0 Å². The second-order valence-corrected chi connectivity index (χ2v) is 5.70. The first-order chi connectivity index (χ1) is 12.6. The third-order valence-corrected chi connectivity index (χ3v) is 3.73. The number of hydrazine groups is 1. The number of ether oxygens (including phenoxy) is 1. The zero-order valence-corrected chi connectivity index (χ0v) is 14.2. The first kappa shape index (κ1) is 17.3. The van der Waals surface area contributed by atoms with Gasteiger partial charge in [-0.3, -0.25) is 10.2 Å². The molecule has 6 heteroatoms. The van der Waals surface area contributed by atoms with Crippen molar-refractivity contribution in [1.29, 1.82) is 0 Å². The molecule has 0 spiro atoms. The fourth-order valence-electron chi connectivity index (χ4n) is 2.40. The van der Waals surface area contributed by atoms with Crippen LogP contribution in [-0.2, 0) is 4.79 Å². The number of nitrogens with one attached hydrogen (secondary N) is 3. The number of anilines is 1. The van der Waals surface area contributed by atoms with Crippen molar-refractivity contribution in [2.45, 2.75) is 13.0 Å². The predicted molar refractivity (Wildman–Crippen MR) is 101 cm³/mol. The molecule has 0 radical (unpaired) electrons. The molecule has 3 aromatic rings. The number of carbonyl (C=O) groups is 2. The molecule has 0 aliphatic heterocycles. The zero-order valence-electron chi connectivity index (χ0n) is 14.2. The molecule has 26 heavy (non-hydrogen) atoms. The molecule has 0 saturated carbocycles. The van der Waals surface area contributed by atoms with Crippen LogP contribution in [0, 0.1) is 0 Å². The fourth-order valence-corrected chi connectivity index (χ4v) is 2.40. The van der Waals surface area contributed by atoms with Gasteiger partial charge in [-0.1, -0.05) is 48.5 Å². The second kappa shape index (κ2) is 8.02. The van der Waals surface area contributed by atoms with Gasteiger partial charge in [0.25, 0.3) is 5.91 Å². The minimum atomic E-state index is -0.770. The molecule has 3 amide bonds. The number of urea groups is 1. The number of carbonyl (C=O) groups excluding carboxylic acids is 2. The van der Waals surface area contributed by atoms with E-state index in [0.717, 1.165) is 10.8 Å². The quantitative estimate of drug-likeness (QED) is 0.631. The summed E-state index contributed by atoms with van der Waals surface area (Å²) in [7, 11) is 0. The normalized spacial score (nSPS) is 11.4. The maximum atomic E-state index is 12.1. The molecule has 132 valence electrons. The third kappa shape index (κ3) is 4.51. The molecule has 0 unspecified atom stereocenters. The van der Waals surface area contributed by atoms with Crippen LogP contribution in [0.5, 0.6) is 5.75 Å². The van der Waals surface area contributed by atoms with E-state index >= 15 is 0 Å². The Bertz CT molecular complexity index is 912. The highest BCUT2D eigenvalue weighted by Gasteiger charge is 2.15. The van der Waals surface area contributed by atoms with Gasteiger partial charge in [0, 0.05) is 5.69 Å². The minimum absolute atomic E-state index is 0.457. The van der Waals surface area contributed by atoms with Crippen LogP contribution >= 0.6 is 0 Å². The first-order valence-corrected chi connectivity index (χ1v) is 8.19. The Kier molecular flexibility index (Phi) is 5.34. The number of hydrogen-bond acceptors (Lipinski definition) is 3. The Hall–Kier alpha value is -3.54. The standard InChI is InChI=1S/C20H19N3O3/c1-14(26-18-12-11-15-7-5-6-8-16(15)13-18)19(24)22-23-20(25)21-17-9-3-2-4-10-17/h2-14H,1H3,(H,22,24)(H2,21,23,25)/t14-/m0/s1. The summed E-state index contributed by atoms with van der Waals surface area (Å²) in [5, 5.41) is 4.72. The summed E-state index contributed by atoms with van der Waals surface area (Å²) in [6.07, 6.45) is -0.770. The second-order valence-electron chi connectivity index (χ2n) is 5.70. The zero-order chi connectivity index (χ0) is 18.4. The lowest BCUT2D eigenvalue weighted by Crippen LogP contribution is -2.48. The molecule has 0 heterocycles. The smallest absolute Gasteiger partial charge is 0.337 e. The summed E-state index contributed by atoms with van der Waals surface area (Å²) in [5.41, 5.74) is 5.26. The highest BCUT2D eigenvalue weighted by Crippen LogP contribution is 2.21. The predicted octanol–water partition coefficient (Wildman–Crippen LogP) is 3.46. The van der Waals surface area contributed by atoms with E-state index in [1.165, 1.54) is 0 Å². The molecule has 0 aliphatic rings. The van der Waals surface area contributed by atoms with Crippen LogP contribution in [0.1, 0.15) is 6.92 Å². The van der Waals surface area contributed by atoms with Gasteiger partial charge in [-0.15, -0.1) is 0 Å². The molecule has 1 atom stereocenters. The number of benzene rings is 3. The van der Waals surface area contributed by atoms with Gasteiger partial charge in [0.1, 0.15) is 5.75 Å². The minimum Gasteiger partial charge on any atom is -0.481 e. The summed E-state index contributed by atoms with van der Waals surface area (Å²) in [6.45, 7) is 1.61. The van der Waals surface area contributed by atoms with Crippen molar-refractivity contribution < 1.29 is 14.3 Å². The van der Waals surface area contributed by atoms with Crippen LogP contribution in [0.15, 0.2) is 72.8 Å². The summed E-state index contributed by atoms with van der Waals surface area (Å²) in [6, 6.07) is 21.9. The molecule has 6 nitrogen and oxygen atoms in total. The lowest BCUT2D eigenvalue weighted by molar-refractivity contribution is -0.127. The van der Waals surface area contributed by atoms with E-state index in [2.05, 4.69) is 16.2 Å². The van der Waals surface area contributed by atoms with E-state index in [0.29, 0.717) is 11.4 Å². The van der Waals surface area contributed by atoms with Crippen LogP contribution in [-0.4, -0.2) is 18.0 Å². The highest BCUT2D eigenvalue weighted by atomic mass is 16.5. The van der Waals surface area contributed by atoms with E-state index in [4.69, 9.17) is 4.74 Å². The fraction of sp³-hybridized carbons (Fsp3) is 0.100. The van der Waals surface area contributed by atoms with Gasteiger partial charge in [-0.05, 0) is 42.0 Å². The average molecular weight is 349 g/mol. The summed E-state index contributed by atoms with van der Waals surface area (Å²) in [4.78, 5) is 23.9. The maximum Gasteiger partial charge on any atom is 0.337 e. The Morgan fingerprint density at radius 1 is 0.846 bits per heavy atom. The van der Waals surface area contributed by atoms with Gasteiger partial charge >= 0.3 is 6.03 Å². The van der Waals surface area contributed by atoms with E-state index in [9.17, 15) is 9.59 Å². The molecule has 0 fully saturated rings. The SMILES string of the molecule is C[C@H](Oc1ccc2ccccc2c1)C(=O)NNC(=O)Nc1ccccc1. The Balaban J connectivity index is 1.51. The van der Waals surface area contributed by atoms with Crippen LogP contribution in [0.3, 0.4) is 0 Å². The molecule has 3 rings (SSSR count). The monoisotopic (exact) mass is 349 g/mol. The average Bonchev–Trinajstić information content (AvgIpc) is 2.66. The van der Waals surface area contributed by atoms with Gasteiger partial charge in [-0.2, -0.15) is 0 Å². The maximum absolute atomic E-state index is 12.1. The van der Waals surface area contributed by atoms with Crippen molar-refractivity contribution in [3.63, 3.8) is 0 Å². The highest BCUT2D eigenvalue weighted by molar-refractivity contribution is 5.91. The number of amides is 3. The summed E-state index contributed by atoms with van der Waals surface area (Å²) < 4.78 is 5.65. The van der Waals surface area contributed by atoms with Crippen molar-refractivity contribution in [3.05, 3.63) is 72.8 Å². The molecular weight excluding hydrogens is 330 g/mol. The largest absolute Gasteiger partial charge is 0.481 e. The van der Waals surface area contributed by atoms with Crippen LogP contribution in [0.2, 0.25) is 0 Å².